The van der Waals surface area contributed by atoms with Crippen molar-refractivity contribution in [2.24, 2.45) is 4.99 Å². The largest absolute Gasteiger partial charge is 0.493 e. The molecule has 1 aliphatic carbocycles. The number of benzene rings is 3. The molecule has 1 fully saturated rings. The molecule has 3 aromatic rings. The van der Waals surface area contributed by atoms with Crippen LogP contribution < -0.4 is 14.2 Å². The summed E-state index contributed by atoms with van der Waals surface area (Å²) in [6.07, 6.45) is 4.79. The molecule has 4 nitrogen and oxygen atoms in total. The van der Waals surface area contributed by atoms with Crippen molar-refractivity contribution in [1.29, 1.82) is 0 Å². The van der Waals surface area contributed by atoms with Gasteiger partial charge in [-0.2, -0.15) is 0 Å². The van der Waals surface area contributed by atoms with Crippen molar-refractivity contribution in [3.05, 3.63) is 89.0 Å². The third kappa shape index (κ3) is 3.97. The number of methoxy groups -OCH3 is 2. The molecule has 0 radical (unpaired) electrons. The highest BCUT2D eigenvalue weighted by Crippen LogP contribution is 2.44. The molecule has 1 heterocycles. The van der Waals surface area contributed by atoms with Crippen LogP contribution in [-0.4, -0.2) is 26.0 Å². The van der Waals surface area contributed by atoms with E-state index >= 15 is 0 Å². The minimum Gasteiger partial charge on any atom is -0.493 e. The van der Waals surface area contributed by atoms with Crippen molar-refractivity contribution in [2.75, 3.05) is 14.2 Å². The molecular formula is C28H29NO3. The lowest BCUT2D eigenvalue weighted by molar-refractivity contribution is 0.306. The fraction of sp³-hybridized carbons (Fsp3) is 0.321. The molecule has 0 saturated heterocycles. The molecular weight excluding hydrogens is 398 g/mol. The van der Waals surface area contributed by atoms with E-state index in [0.717, 1.165) is 46.1 Å². The molecule has 3 aromatic carbocycles. The summed E-state index contributed by atoms with van der Waals surface area (Å²) in [5.74, 6) is 2.82. The SMILES string of the molecule is COc1cc2c(cc1OC)C1CCCCC1N=C2c1cccc(OCc2ccccc2)c1. The van der Waals surface area contributed by atoms with Gasteiger partial charge in [-0.15, -0.1) is 0 Å². The van der Waals surface area contributed by atoms with Gasteiger partial charge in [-0.1, -0.05) is 55.3 Å². The molecule has 32 heavy (non-hydrogen) atoms. The van der Waals surface area contributed by atoms with E-state index in [1.54, 1.807) is 14.2 Å². The van der Waals surface area contributed by atoms with Crippen LogP contribution >= 0.6 is 0 Å². The van der Waals surface area contributed by atoms with E-state index in [9.17, 15) is 0 Å². The van der Waals surface area contributed by atoms with Gasteiger partial charge in [0.25, 0.3) is 0 Å². The van der Waals surface area contributed by atoms with Gasteiger partial charge in [0.2, 0.25) is 0 Å². The average Bonchev–Trinajstić information content (AvgIpc) is 2.87. The maximum absolute atomic E-state index is 6.10. The fourth-order valence-corrected chi connectivity index (χ4v) is 4.97. The van der Waals surface area contributed by atoms with Crippen LogP contribution in [0.15, 0.2) is 71.7 Å². The first kappa shape index (κ1) is 20.6. The number of hydrogen-bond donors (Lipinski definition) is 0. The Morgan fingerprint density at radius 3 is 2.44 bits per heavy atom. The number of ether oxygens (including phenoxy) is 3. The average molecular weight is 428 g/mol. The van der Waals surface area contributed by atoms with Gasteiger partial charge in [-0.3, -0.25) is 4.99 Å². The van der Waals surface area contributed by atoms with Crippen LogP contribution in [0.1, 0.15) is 53.9 Å². The molecule has 2 unspecified atom stereocenters. The Morgan fingerprint density at radius 1 is 0.844 bits per heavy atom. The lowest BCUT2D eigenvalue weighted by atomic mass is 9.75. The monoisotopic (exact) mass is 427 g/mol. The minimum atomic E-state index is 0.318. The van der Waals surface area contributed by atoms with Gasteiger partial charge in [-0.05, 0) is 48.2 Å². The first-order chi connectivity index (χ1) is 15.8. The highest BCUT2D eigenvalue weighted by atomic mass is 16.5. The summed E-state index contributed by atoms with van der Waals surface area (Å²) in [5, 5.41) is 0. The summed E-state index contributed by atoms with van der Waals surface area (Å²) < 4.78 is 17.4. The standard InChI is InChI=1S/C28H29NO3/c1-30-26-16-23-22-13-6-7-14-25(22)29-28(24(23)17-27(26)31-2)20-11-8-12-21(15-20)32-18-19-9-4-3-5-10-19/h3-5,8-12,15-17,22,25H,6-7,13-14,18H2,1-2H3. The summed E-state index contributed by atoms with van der Waals surface area (Å²) in [7, 11) is 3.39. The van der Waals surface area contributed by atoms with E-state index < -0.39 is 0 Å². The molecule has 1 saturated carbocycles. The second-order valence-electron chi connectivity index (χ2n) is 8.53. The molecule has 2 atom stereocenters. The second kappa shape index (κ2) is 9.07. The predicted molar refractivity (Wildman–Crippen MR) is 127 cm³/mol. The third-order valence-corrected chi connectivity index (χ3v) is 6.59. The van der Waals surface area contributed by atoms with Crippen LogP contribution in [0.3, 0.4) is 0 Å². The molecule has 164 valence electrons. The third-order valence-electron chi connectivity index (χ3n) is 6.59. The molecule has 1 aliphatic heterocycles. The number of fused-ring (bicyclic) bond motifs is 3. The zero-order valence-corrected chi connectivity index (χ0v) is 18.7. The van der Waals surface area contributed by atoms with Gasteiger partial charge in [-0.25, -0.2) is 0 Å². The van der Waals surface area contributed by atoms with Crippen LogP contribution in [0, 0.1) is 0 Å². The van der Waals surface area contributed by atoms with Crippen molar-refractivity contribution in [1.82, 2.24) is 0 Å². The summed E-state index contributed by atoms with van der Waals surface area (Å²) in [6, 6.07) is 23.1. The Bertz CT molecular complexity index is 1120. The lowest BCUT2D eigenvalue weighted by Gasteiger charge is -2.35. The van der Waals surface area contributed by atoms with E-state index in [1.807, 2.05) is 30.3 Å². The van der Waals surface area contributed by atoms with E-state index in [1.165, 1.54) is 24.8 Å². The molecule has 4 heteroatoms. The van der Waals surface area contributed by atoms with Gasteiger partial charge >= 0.3 is 0 Å². The van der Waals surface area contributed by atoms with E-state index in [4.69, 9.17) is 19.2 Å². The zero-order chi connectivity index (χ0) is 21.9. The highest BCUT2D eigenvalue weighted by Gasteiger charge is 2.34. The first-order valence-corrected chi connectivity index (χ1v) is 11.4. The Labute approximate surface area is 189 Å². The maximum atomic E-state index is 6.10. The molecule has 5 rings (SSSR count). The number of nitrogens with zero attached hydrogens (tertiary/aromatic N) is 1. The van der Waals surface area contributed by atoms with Crippen LogP contribution in [0.5, 0.6) is 17.2 Å². The molecule has 0 aromatic heterocycles. The van der Waals surface area contributed by atoms with Crippen molar-refractivity contribution < 1.29 is 14.2 Å². The molecule has 2 aliphatic rings. The van der Waals surface area contributed by atoms with Gasteiger partial charge < -0.3 is 14.2 Å². The molecule has 0 bridgehead atoms. The number of rotatable bonds is 6. The van der Waals surface area contributed by atoms with Crippen molar-refractivity contribution >= 4 is 5.71 Å². The Kier molecular flexibility index (Phi) is 5.85. The minimum absolute atomic E-state index is 0.318. The fourth-order valence-electron chi connectivity index (χ4n) is 4.97. The molecule has 0 N–H and O–H groups in total. The molecule has 0 amide bonds. The van der Waals surface area contributed by atoms with Crippen LogP contribution in [-0.2, 0) is 6.61 Å². The number of hydrogen-bond acceptors (Lipinski definition) is 4. The van der Waals surface area contributed by atoms with Gasteiger partial charge in [0.15, 0.2) is 11.5 Å². The lowest BCUT2D eigenvalue weighted by Crippen LogP contribution is -2.29. The zero-order valence-electron chi connectivity index (χ0n) is 18.7. The summed E-state index contributed by atoms with van der Waals surface area (Å²) in [4.78, 5) is 5.27. The van der Waals surface area contributed by atoms with Gasteiger partial charge in [0.05, 0.1) is 26.0 Å². The summed E-state index contributed by atoms with van der Waals surface area (Å²) >= 11 is 0. The topological polar surface area (TPSA) is 40.0 Å². The highest BCUT2D eigenvalue weighted by molar-refractivity contribution is 6.15. The maximum Gasteiger partial charge on any atom is 0.161 e. The van der Waals surface area contributed by atoms with E-state index in [2.05, 4.69) is 36.4 Å². The molecule has 0 spiro atoms. The quantitative estimate of drug-likeness (QED) is 0.473. The Morgan fingerprint density at radius 2 is 1.62 bits per heavy atom. The van der Waals surface area contributed by atoms with Crippen molar-refractivity contribution in [3.63, 3.8) is 0 Å². The van der Waals surface area contributed by atoms with E-state index in [-0.39, 0.29) is 0 Å². The Hall–Kier alpha value is -3.27. The van der Waals surface area contributed by atoms with Crippen LogP contribution in [0.25, 0.3) is 0 Å². The van der Waals surface area contributed by atoms with E-state index in [0.29, 0.717) is 18.6 Å². The van der Waals surface area contributed by atoms with Gasteiger partial charge in [0.1, 0.15) is 12.4 Å². The van der Waals surface area contributed by atoms with Crippen LogP contribution in [0.4, 0.5) is 0 Å². The second-order valence-corrected chi connectivity index (χ2v) is 8.53. The van der Waals surface area contributed by atoms with Gasteiger partial charge in [0, 0.05) is 17.0 Å². The first-order valence-electron chi connectivity index (χ1n) is 11.4. The summed E-state index contributed by atoms with van der Waals surface area (Å²) in [6.45, 7) is 0.545. The normalized spacial score (nSPS) is 19.4. The van der Waals surface area contributed by atoms with Crippen molar-refractivity contribution in [3.8, 4) is 17.2 Å². The smallest absolute Gasteiger partial charge is 0.161 e. The number of aliphatic imine (C=N–C) groups is 1. The van der Waals surface area contributed by atoms with Crippen LogP contribution in [0.2, 0.25) is 0 Å². The Balaban J connectivity index is 1.52. The predicted octanol–water partition coefficient (Wildman–Crippen LogP) is 6.16. The summed E-state index contributed by atoms with van der Waals surface area (Å²) in [5.41, 5.74) is 5.72. The van der Waals surface area contributed by atoms with Crippen molar-refractivity contribution in [2.45, 2.75) is 44.2 Å².